The molecule has 0 aromatic carbocycles. The molecule has 1 aliphatic heterocycles. The average molecular weight is 158 g/mol. The van der Waals surface area contributed by atoms with Crippen molar-refractivity contribution >= 4 is 5.52 Å². The first-order valence-corrected chi connectivity index (χ1v) is 4.24. The van der Waals surface area contributed by atoms with Crippen LogP contribution in [0.15, 0.2) is 30.5 Å². The van der Waals surface area contributed by atoms with Gasteiger partial charge in [0.25, 0.3) is 0 Å². The lowest BCUT2D eigenvalue weighted by Gasteiger charge is -1.97. The van der Waals surface area contributed by atoms with Gasteiger partial charge in [0, 0.05) is 30.5 Å². The Kier molecular flexibility index (Phi) is 1.10. The van der Waals surface area contributed by atoms with Crippen molar-refractivity contribution in [2.24, 2.45) is 0 Å². The number of hydrogen-bond acceptors (Lipinski definition) is 1. The highest BCUT2D eigenvalue weighted by Gasteiger charge is 2.13. The van der Waals surface area contributed by atoms with Crippen LogP contribution in [0.2, 0.25) is 0 Å². The molecule has 0 saturated carbocycles. The second-order valence-corrected chi connectivity index (χ2v) is 3.22. The molecule has 1 N–H and O–H groups in total. The summed E-state index contributed by atoms with van der Waals surface area (Å²) < 4.78 is 2.26. The highest BCUT2D eigenvalue weighted by atomic mass is 15.0. The molecule has 0 radical (unpaired) electrons. The maximum atomic E-state index is 3.34. The average Bonchev–Trinajstić information content (AvgIpc) is 2.62. The van der Waals surface area contributed by atoms with E-state index in [0.29, 0.717) is 0 Å². The van der Waals surface area contributed by atoms with Crippen molar-refractivity contribution in [3.05, 3.63) is 41.7 Å². The zero-order valence-corrected chi connectivity index (χ0v) is 6.75. The maximum absolute atomic E-state index is 3.34. The maximum Gasteiger partial charge on any atom is 0.0456 e. The van der Waals surface area contributed by atoms with Gasteiger partial charge in [-0.25, -0.2) is 0 Å². The van der Waals surface area contributed by atoms with Crippen LogP contribution in [0.3, 0.4) is 0 Å². The first kappa shape index (κ1) is 6.26. The largest absolute Gasteiger partial charge is 0.319 e. The Bertz CT molecular complexity index is 428. The third kappa shape index (κ3) is 0.676. The Morgan fingerprint density at radius 2 is 2.25 bits per heavy atom. The molecule has 2 nitrogen and oxygen atoms in total. The van der Waals surface area contributed by atoms with Crippen molar-refractivity contribution in [3.8, 4) is 0 Å². The van der Waals surface area contributed by atoms with Gasteiger partial charge in [-0.3, -0.25) is 0 Å². The Labute approximate surface area is 70.8 Å². The number of hydrogen-bond donors (Lipinski definition) is 1. The molecule has 60 valence electrons. The minimum absolute atomic E-state index is 1.01. The first-order chi connectivity index (χ1) is 5.95. The smallest absolute Gasteiger partial charge is 0.0456 e. The molecule has 0 saturated heterocycles. The summed E-state index contributed by atoms with van der Waals surface area (Å²) in [6.07, 6.45) is 2.13. The van der Waals surface area contributed by atoms with Crippen molar-refractivity contribution in [2.45, 2.75) is 13.1 Å². The molecular weight excluding hydrogens is 148 g/mol. The van der Waals surface area contributed by atoms with Gasteiger partial charge in [0.1, 0.15) is 0 Å². The molecule has 3 heterocycles. The fourth-order valence-electron chi connectivity index (χ4n) is 1.90. The lowest BCUT2D eigenvalue weighted by molar-refractivity contribution is 0.749. The van der Waals surface area contributed by atoms with Gasteiger partial charge >= 0.3 is 0 Å². The lowest BCUT2D eigenvalue weighted by atomic mass is 10.3. The van der Waals surface area contributed by atoms with Crippen LogP contribution in [-0.4, -0.2) is 4.40 Å². The molecule has 12 heavy (non-hydrogen) atoms. The van der Waals surface area contributed by atoms with Gasteiger partial charge in [0.15, 0.2) is 0 Å². The van der Waals surface area contributed by atoms with Crippen LogP contribution < -0.4 is 5.32 Å². The number of pyridine rings is 1. The number of fused-ring (bicyclic) bond motifs is 3. The topological polar surface area (TPSA) is 16.4 Å². The van der Waals surface area contributed by atoms with Crippen LogP contribution in [0.5, 0.6) is 0 Å². The van der Waals surface area contributed by atoms with Gasteiger partial charge in [0.05, 0.1) is 0 Å². The first-order valence-electron chi connectivity index (χ1n) is 4.24. The van der Waals surface area contributed by atoms with Gasteiger partial charge in [-0.15, -0.1) is 0 Å². The van der Waals surface area contributed by atoms with E-state index < -0.39 is 0 Å². The summed E-state index contributed by atoms with van der Waals surface area (Å²) in [7, 11) is 0. The van der Waals surface area contributed by atoms with Crippen molar-refractivity contribution < 1.29 is 0 Å². The van der Waals surface area contributed by atoms with Crippen molar-refractivity contribution in [3.63, 3.8) is 0 Å². The minimum Gasteiger partial charge on any atom is -0.319 e. The van der Waals surface area contributed by atoms with E-state index in [1.165, 1.54) is 16.8 Å². The molecule has 1 aliphatic rings. The van der Waals surface area contributed by atoms with Crippen LogP contribution in [0.1, 0.15) is 11.3 Å². The highest BCUT2D eigenvalue weighted by molar-refractivity contribution is 5.54. The van der Waals surface area contributed by atoms with Crippen molar-refractivity contribution in [1.29, 1.82) is 0 Å². The summed E-state index contributed by atoms with van der Waals surface area (Å²) in [6, 6.07) is 8.57. The van der Waals surface area contributed by atoms with Gasteiger partial charge in [-0.2, -0.15) is 0 Å². The minimum atomic E-state index is 1.01. The van der Waals surface area contributed by atoms with E-state index in [1.807, 2.05) is 0 Å². The molecule has 0 amide bonds. The zero-order valence-electron chi connectivity index (χ0n) is 6.75. The normalized spacial score (nSPS) is 15.3. The third-order valence-electron chi connectivity index (χ3n) is 2.48. The van der Waals surface area contributed by atoms with E-state index in [4.69, 9.17) is 0 Å². The molecule has 3 rings (SSSR count). The van der Waals surface area contributed by atoms with Crippen molar-refractivity contribution in [2.75, 3.05) is 0 Å². The van der Waals surface area contributed by atoms with Crippen LogP contribution in [0, 0.1) is 0 Å². The lowest BCUT2D eigenvalue weighted by Crippen LogP contribution is -2.02. The van der Waals surface area contributed by atoms with E-state index in [1.54, 1.807) is 0 Å². The van der Waals surface area contributed by atoms with Crippen LogP contribution in [0.25, 0.3) is 5.52 Å². The summed E-state index contributed by atoms with van der Waals surface area (Å²) in [4.78, 5) is 0. The predicted octanol–water partition coefficient (Wildman–Crippen LogP) is 1.54. The number of rotatable bonds is 0. The second-order valence-electron chi connectivity index (χ2n) is 3.22. The Hall–Kier alpha value is -1.28. The molecule has 0 unspecified atom stereocenters. The molecule has 0 aliphatic carbocycles. The van der Waals surface area contributed by atoms with Crippen LogP contribution in [0.4, 0.5) is 0 Å². The molecule has 0 bridgehead atoms. The zero-order chi connectivity index (χ0) is 7.97. The van der Waals surface area contributed by atoms with Gasteiger partial charge in [-0.05, 0) is 23.8 Å². The summed E-state index contributed by atoms with van der Waals surface area (Å²) in [5.41, 5.74) is 4.18. The Balaban J connectivity index is 2.44. The van der Waals surface area contributed by atoms with Crippen molar-refractivity contribution in [1.82, 2.24) is 9.72 Å². The molecule has 2 aromatic heterocycles. The molecule has 2 aromatic rings. The van der Waals surface area contributed by atoms with Gasteiger partial charge in [0.2, 0.25) is 0 Å². The fourth-order valence-corrected chi connectivity index (χ4v) is 1.90. The van der Waals surface area contributed by atoms with E-state index in [9.17, 15) is 0 Å². The summed E-state index contributed by atoms with van der Waals surface area (Å²) >= 11 is 0. The fraction of sp³-hybridized carbons (Fsp3) is 0.200. The summed E-state index contributed by atoms with van der Waals surface area (Å²) in [5, 5.41) is 3.34. The monoisotopic (exact) mass is 158 g/mol. The molecule has 0 fully saturated rings. The van der Waals surface area contributed by atoms with E-state index >= 15 is 0 Å². The van der Waals surface area contributed by atoms with Gasteiger partial charge < -0.3 is 9.72 Å². The summed E-state index contributed by atoms with van der Waals surface area (Å²) in [6.45, 7) is 2.03. The van der Waals surface area contributed by atoms with E-state index in [0.717, 1.165) is 13.1 Å². The SMILES string of the molecule is c1ccn2c3c(cc2c1)CNC3. The van der Waals surface area contributed by atoms with Crippen LogP contribution in [-0.2, 0) is 13.1 Å². The Morgan fingerprint density at radius 3 is 3.25 bits per heavy atom. The second kappa shape index (κ2) is 2.11. The van der Waals surface area contributed by atoms with E-state index in [2.05, 4.69) is 40.2 Å². The third-order valence-corrected chi connectivity index (χ3v) is 2.48. The molecule has 2 heteroatoms. The van der Waals surface area contributed by atoms with Crippen LogP contribution >= 0.6 is 0 Å². The summed E-state index contributed by atoms with van der Waals surface area (Å²) in [5.74, 6) is 0. The number of nitrogens with zero attached hydrogens (tertiary/aromatic N) is 1. The standard InChI is InChI=1S/C10H10N2/c1-2-4-12-9(3-1)5-8-6-11-7-10(8)12/h1-5,11H,6-7H2. The quantitative estimate of drug-likeness (QED) is 0.615. The molecule has 0 spiro atoms. The predicted molar refractivity (Wildman–Crippen MR) is 47.9 cm³/mol. The van der Waals surface area contributed by atoms with Gasteiger partial charge in [-0.1, -0.05) is 6.07 Å². The number of nitrogens with one attached hydrogen (secondary N) is 1. The Morgan fingerprint density at radius 1 is 1.25 bits per heavy atom. The molecular formula is C10H10N2. The van der Waals surface area contributed by atoms with E-state index in [-0.39, 0.29) is 0 Å². The molecule has 0 atom stereocenters. The highest BCUT2D eigenvalue weighted by Crippen LogP contribution is 2.20. The number of aromatic nitrogens is 1.